The molecule has 0 aliphatic heterocycles. The molecule has 18 heavy (non-hydrogen) atoms. The van der Waals surface area contributed by atoms with Crippen LogP contribution in [0.15, 0.2) is 48.5 Å². The summed E-state index contributed by atoms with van der Waals surface area (Å²) in [6.07, 6.45) is 1.15. The number of benzene rings is 2. The van der Waals surface area contributed by atoms with Gasteiger partial charge in [-0.25, -0.2) is 0 Å². The van der Waals surface area contributed by atoms with Gasteiger partial charge in [0.25, 0.3) is 0 Å². The predicted octanol–water partition coefficient (Wildman–Crippen LogP) is 4.30. The van der Waals surface area contributed by atoms with Crippen molar-refractivity contribution in [2.75, 3.05) is 6.61 Å². The van der Waals surface area contributed by atoms with Gasteiger partial charge in [-0.3, -0.25) is 0 Å². The second-order valence-corrected chi connectivity index (χ2v) is 5.25. The molecule has 0 saturated heterocycles. The Morgan fingerprint density at radius 3 is 2.83 bits per heavy atom. The largest absolute Gasteiger partial charge is 0.493 e. The van der Waals surface area contributed by atoms with Crippen LogP contribution in [0.5, 0.6) is 5.75 Å². The first-order valence-electron chi connectivity index (χ1n) is 6.22. The molecule has 0 spiro atoms. The van der Waals surface area contributed by atoms with Crippen LogP contribution >= 0.6 is 15.9 Å². The minimum absolute atomic E-state index is 0.564. The van der Waals surface area contributed by atoms with Gasteiger partial charge in [0.2, 0.25) is 0 Å². The van der Waals surface area contributed by atoms with Crippen LogP contribution in [0.3, 0.4) is 0 Å². The minimum atomic E-state index is 0.564. The first kappa shape index (κ1) is 11.8. The van der Waals surface area contributed by atoms with Gasteiger partial charge in [-0.15, -0.1) is 0 Å². The monoisotopic (exact) mass is 302 g/mol. The van der Waals surface area contributed by atoms with E-state index < -0.39 is 0 Å². The van der Waals surface area contributed by atoms with E-state index in [1.54, 1.807) is 0 Å². The van der Waals surface area contributed by atoms with Crippen LogP contribution < -0.4 is 4.74 Å². The summed E-state index contributed by atoms with van der Waals surface area (Å²) in [6, 6.07) is 16.9. The van der Waals surface area contributed by atoms with Crippen LogP contribution in [0.4, 0.5) is 0 Å². The van der Waals surface area contributed by atoms with E-state index in [0.29, 0.717) is 5.92 Å². The minimum Gasteiger partial charge on any atom is -0.493 e. The van der Waals surface area contributed by atoms with Crippen LogP contribution in [-0.2, 0) is 11.8 Å². The number of fused-ring (bicyclic) bond motifs is 1. The molecule has 1 nitrogen and oxygen atoms in total. The van der Waals surface area contributed by atoms with Crippen LogP contribution in [0, 0.1) is 0 Å². The molecule has 2 aromatic carbocycles. The SMILES string of the molecule is BrCc1cccc(OCC2Cc3ccccc32)c1. The first-order chi connectivity index (χ1) is 8.86. The van der Waals surface area contributed by atoms with Gasteiger partial charge < -0.3 is 4.74 Å². The van der Waals surface area contributed by atoms with Crippen molar-refractivity contribution < 1.29 is 4.74 Å². The Balaban J connectivity index is 1.63. The van der Waals surface area contributed by atoms with Crippen LogP contribution in [0.2, 0.25) is 0 Å². The van der Waals surface area contributed by atoms with Crippen LogP contribution in [0.25, 0.3) is 0 Å². The Kier molecular flexibility index (Phi) is 3.37. The number of hydrogen-bond acceptors (Lipinski definition) is 1. The molecule has 2 aromatic rings. The molecule has 0 saturated carbocycles. The highest BCUT2D eigenvalue weighted by molar-refractivity contribution is 9.08. The topological polar surface area (TPSA) is 9.23 Å². The molecule has 1 unspecified atom stereocenters. The molecule has 1 aliphatic carbocycles. The Morgan fingerprint density at radius 2 is 2.00 bits per heavy atom. The van der Waals surface area contributed by atoms with Crippen molar-refractivity contribution in [2.24, 2.45) is 0 Å². The van der Waals surface area contributed by atoms with E-state index in [-0.39, 0.29) is 0 Å². The molecule has 2 heteroatoms. The van der Waals surface area contributed by atoms with Gasteiger partial charge in [-0.05, 0) is 35.2 Å². The molecule has 0 radical (unpaired) electrons. The fraction of sp³-hybridized carbons (Fsp3) is 0.250. The van der Waals surface area contributed by atoms with E-state index >= 15 is 0 Å². The lowest BCUT2D eigenvalue weighted by Crippen LogP contribution is -2.23. The maximum Gasteiger partial charge on any atom is 0.119 e. The highest BCUT2D eigenvalue weighted by Gasteiger charge is 2.25. The van der Waals surface area contributed by atoms with Crippen molar-refractivity contribution in [3.05, 3.63) is 65.2 Å². The fourth-order valence-electron chi connectivity index (χ4n) is 2.43. The molecule has 3 rings (SSSR count). The van der Waals surface area contributed by atoms with E-state index in [4.69, 9.17) is 4.74 Å². The first-order valence-corrected chi connectivity index (χ1v) is 7.34. The fourth-order valence-corrected chi connectivity index (χ4v) is 2.78. The summed E-state index contributed by atoms with van der Waals surface area (Å²) >= 11 is 3.46. The summed E-state index contributed by atoms with van der Waals surface area (Å²) in [6.45, 7) is 0.781. The lowest BCUT2D eigenvalue weighted by atomic mass is 9.78. The third kappa shape index (κ3) is 2.30. The molecule has 1 aliphatic rings. The predicted molar refractivity (Wildman–Crippen MR) is 77.5 cm³/mol. The van der Waals surface area contributed by atoms with Gasteiger partial charge in [-0.1, -0.05) is 52.3 Å². The summed E-state index contributed by atoms with van der Waals surface area (Å²) in [5.41, 5.74) is 4.18. The normalized spacial score (nSPS) is 16.8. The lowest BCUT2D eigenvalue weighted by Gasteiger charge is -2.29. The molecule has 92 valence electrons. The summed E-state index contributed by atoms with van der Waals surface area (Å²) < 4.78 is 5.89. The van der Waals surface area contributed by atoms with E-state index in [9.17, 15) is 0 Å². The zero-order chi connectivity index (χ0) is 12.4. The van der Waals surface area contributed by atoms with Crippen molar-refractivity contribution in [1.29, 1.82) is 0 Å². The zero-order valence-corrected chi connectivity index (χ0v) is 11.7. The molecule has 0 heterocycles. The van der Waals surface area contributed by atoms with Crippen molar-refractivity contribution in [3.63, 3.8) is 0 Å². The Bertz CT molecular complexity index is 550. The van der Waals surface area contributed by atoms with Crippen molar-refractivity contribution in [2.45, 2.75) is 17.7 Å². The number of ether oxygens (including phenoxy) is 1. The molecule has 0 amide bonds. The third-order valence-electron chi connectivity index (χ3n) is 3.47. The average molecular weight is 303 g/mol. The average Bonchev–Trinajstić information content (AvgIpc) is 2.40. The van der Waals surface area contributed by atoms with Gasteiger partial charge in [0, 0.05) is 11.2 Å². The second-order valence-electron chi connectivity index (χ2n) is 4.69. The number of alkyl halides is 1. The van der Waals surface area contributed by atoms with E-state index in [1.165, 1.54) is 16.7 Å². The Labute approximate surface area is 116 Å². The third-order valence-corrected chi connectivity index (χ3v) is 4.11. The Morgan fingerprint density at radius 1 is 1.11 bits per heavy atom. The molecule has 0 N–H and O–H groups in total. The Hall–Kier alpha value is -1.28. The molecule has 1 atom stereocenters. The van der Waals surface area contributed by atoms with Crippen LogP contribution in [-0.4, -0.2) is 6.61 Å². The highest BCUT2D eigenvalue weighted by atomic mass is 79.9. The maximum absolute atomic E-state index is 5.89. The lowest BCUT2D eigenvalue weighted by molar-refractivity contribution is 0.275. The number of hydrogen-bond donors (Lipinski definition) is 0. The van der Waals surface area contributed by atoms with E-state index in [2.05, 4.69) is 52.3 Å². The van der Waals surface area contributed by atoms with Gasteiger partial charge in [-0.2, -0.15) is 0 Å². The van der Waals surface area contributed by atoms with E-state index in [1.807, 2.05) is 12.1 Å². The maximum atomic E-state index is 5.89. The molecule has 0 bridgehead atoms. The van der Waals surface area contributed by atoms with Gasteiger partial charge in [0.15, 0.2) is 0 Å². The van der Waals surface area contributed by atoms with Crippen LogP contribution in [0.1, 0.15) is 22.6 Å². The summed E-state index contributed by atoms with van der Waals surface area (Å²) in [7, 11) is 0. The number of halogens is 1. The van der Waals surface area contributed by atoms with Gasteiger partial charge in [0.1, 0.15) is 5.75 Å². The molecular formula is C16H15BrO. The summed E-state index contributed by atoms with van der Waals surface area (Å²) in [5.74, 6) is 1.53. The second kappa shape index (κ2) is 5.15. The standard InChI is InChI=1S/C16H15BrO/c17-10-12-4-3-6-15(8-12)18-11-14-9-13-5-1-2-7-16(13)14/h1-8,14H,9-11H2. The van der Waals surface area contributed by atoms with Crippen molar-refractivity contribution in [3.8, 4) is 5.75 Å². The van der Waals surface area contributed by atoms with E-state index in [0.717, 1.165) is 24.1 Å². The molecule has 0 aromatic heterocycles. The van der Waals surface area contributed by atoms with Crippen molar-refractivity contribution in [1.82, 2.24) is 0 Å². The number of rotatable bonds is 4. The molecule has 0 fully saturated rings. The molecular weight excluding hydrogens is 288 g/mol. The van der Waals surface area contributed by atoms with Gasteiger partial charge in [0.05, 0.1) is 6.61 Å². The summed E-state index contributed by atoms with van der Waals surface area (Å²) in [5, 5.41) is 0.871. The smallest absolute Gasteiger partial charge is 0.119 e. The van der Waals surface area contributed by atoms with Gasteiger partial charge >= 0.3 is 0 Å². The summed E-state index contributed by atoms with van der Waals surface area (Å²) in [4.78, 5) is 0. The quantitative estimate of drug-likeness (QED) is 0.765. The zero-order valence-electron chi connectivity index (χ0n) is 10.1. The van der Waals surface area contributed by atoms with Crippen molar-refractivity contribution >= 4 is 15.9 Å². The highest BCUT2D eigenvalue weighted by Crippen LogP contribution is 2.35.